The third-order valence-electron chi connectivity index (χ3n) is 11.2. The molecule has 0 unspecified atom stereocenters. The van der Waals surface area contributed by atoms with E-state index in [1.165, 1.54) is 19.2 Å². The van der Waals surface area contributed by atoms with Crippen molar-refractivity contribution in [1.29, 1.82) is 0 Å². The molecule has 13 nitrogen and oxygen atoms in total. The van der Waals surface area contributed by atoms with Crippen LogP contribution in [-0.2, 0) is 9.53 Å². The molecule has 56 heavy (non-hydrogen) atoms. The summed E-state index contributed by atoms with van der Waals surface area (Å²) < 4.78 is 50.5. The molecule has 0 spiro atoms. The second-order valence-electron chi connectivity index (χ2n) is 15.4. The van der Waals surface area contributed by atoms with E-state index in [0.717, 1.165) is 55.3 Å². The number of urea groups is 1. The Balaban J connectivity index is 1.11. The van der Waals surface area contributed by atoms with Crippen LogP contribution in [0.5, 0.6) is 5.75 Å². The van der Waals surface area contributed by atoms with Gasteiger partial charge in [0.05, 0.1) is 24.2 Å². The Morgan fingerprint density at radius 2 is 1.73 bits per heavy atom. The fourth-order valence-electron chi connectivity index (χ4n) is 8.29. The molecule has 4 N–H and O–H groups in total. The average Bonchev–Trinajstić information content (AvgIpc) is 3.80. The summed E-state index contributed by atoms with van der Waals surface area (Å²) in [5.41, 5.74) is 2.28. The lowest BCUT2D eigenvalue weighted by Crippen LogP contribution is -2.54. The van der Waals surface area contributed by atoms with Crippen molar-refractivity contribution in [2.75, 3.05) is 58.2 Å². The van der Waals surface area contributed by atoms with E-state index in [1.807, 2.05) is 32.0 Å². The fraction of sp³-hybridized carbons (Fsp3) is 0.500. The van der Waals surface area contributed by atoms with E-state index in [4.69, 9.17) is 9.72 Å². The number of carbonyl (C=O) groups is 3. The number of amides is 4. The lowest BCUT2D eigenvalue weighted by atomic mass is 9.99. The van der Waals surface area contributed by atoms with Gasteiger partial charge in [0.1, 0.15) is 17.6 Å². The molecule has 0 radical (unpaired) electrons. The van der Waals surface area contributed by atoms with Gasteiger partial charge in [-0.05, 0) is 79.4 Å². The predicted octanol–water partition coefficient (Wildman–Crippen LogP) is 6.47. The van der Waals surface area contributed by atoms with Crippen molar-refractivity contribution in [3.63, 3.8) is 0 Å². The van der Waals surface area contributed by atoms with Crippen LogP contribution in [-0.4, -0.2) is 114 Å². The van der Waals surface area contributed by atoms with Crippen LogP contribution in [0.4, 0.5) is 28.4 Å². The highest BCUT2D eigenvalue weighted by Gasteiger charge is 2.40. The molecule has 3 atom stereocenters. The number of likely N-dealkylation sites (tertiary alicyclic amines) is 1. The molecular weight excluding hydrogens is 729 g/mol. The van der Waals surface area contributed by atoms with Crippen molar-refractivity contribution in [2.45, 2.75) is 64.5 Å². The number of halogens is 3. The number of piperazine rings is 1. The van der Waals surface area contributed by atoms with Crippen molar-refractivity contribution in [2.24, 2.45) is 11.8 Å². The van der Waals surface area contributed by atoms with Gasteiger partial charge in [0.15, 0.2) is 0 Å². The number of nitrogens with zero attached hydrogens (tertiary/aromatic N) is 4. The normalized spacial score (nSPS) is 20.4. The van der Waals surface area contributed by atoms with Gasteiger partial charge in [-0.2, -0.15) is 0 Å². The smallest absolute Gasteiger partial charge is 0.453 e. The Morgan fingerprint density at radius 1 is 0.982 bits per heavy atom. The zero-order valence-corrected chi connectivity index (χ0v) is 32.0. The first-order valence-corrected chi connectivity index (χ1v) is 19.3. The van der Waals surface area contributed by atoms with Gasteiger partial charge in [0.2, 0.25) is 5.91 Å². The number of nitrogens with one attached hydrogen (secondary N) is 4. The summed E-state index contributed by atoms with van der Waals surface area (Å²) in [5.74, 6) is -0.0376. The summed E-state index contributed by atoms with van der Waals surface area (Å²) in [6.45, 7) is 10.8. The topological polar surface area (TPSA) is 144 Å². The first-order chi connectivity index (χ1) is 26.8. The van der Waals surface area contributed by atoms with Gasteiger partial charge in [0, 0.05) is 61.5 Å². The van der Waals surface area contributed by atoms with Gasteiger partial charge >= 0.3 is 18.5 Å². The number of ether oxygens (including phenoxy) is 2. The molecule has 0 aliphatic carbocycles. The highest BCUT2D eigenvalue weighted by Crippen LogP contribution is 2.40. The lowest BCUT2D eigenvalue weighted by molar-refractivity contribution is -0.274. The number of rotatable bonds is 8. The van der Waals surface area contributed by atoms with Gasteiger partial charge < -0.3 is 40.2 Å². The summed E-state index contributed by atoms with van der Waals surface area (Å²) in [4.78, 5) is 53.3. The van der Waals surface area contributed by atoms with Crippen LogP contribution in [0.3, 0.4) is 0 Å². The zero-order valence-electron chi connectivity index (χ0n) is 32.0. The first kappa shape index (κ1) is 39.2. The lowest BCUT2D eigenvalue weighted by Gasteiger charge is -2.40. The van der Waals surface area contributed by atoms with Crippen molar-refractivity contribution in [3.8, 4) is 16.9 Å². The van der Waals surface area contributed by atoms with Gasteiger partial charge in [-0.15, -0.1) is 13.2 Å². The molecule has 16 heteroatoms. The average molecular weight is 779 g/mol. The van der Waals surface area contributed by atoms with Crippen LogP contribution < -0.4 is 20.7 Å². The van der Waals surface area contributed by atoms with Crippen LogP contribution in [0.2, 0.25) is 0 Å². The molecule has 4 aromatic rings. The van der Waals surface area contributed by atoms with Gasteiger partial charge in [-0.25, -0.2) is 14.6 Å². The Bertz CT molecular complexity index is 2080. The van der Waals surface area contributed by atoms with Crippen LogP contribution in [0.1, 0.15) is 51.9 Å². The van der Waals surface area contributed by atoms with E-state index >= 15 is 0 Å². The largest absolute Gasteiger partial charge is 0.573 e. The molecular formula is C40H49F3N8O5. The van der Waals surface area contributed by atoms with E-state index < -0.39 is 24.2 Å². The fourth-order valence-corrected chi connectivity index (χ4v) is 8.29. The van der Waals surface area contributed by atoms with E-state index in [-0.39, 0.29) is 41.1 Å². The number of hydrogen-bond donors (Lipinski definition) is 4. The Morgan fingerprint density at radius 3 is 2.43 bits per heavy atom. The van der Waals surface area contributed by atoms with Crippen molar-refractivity contribution < 1.29 is 37.0 Å². The predicted molar refractivity (Wildman–Crippen MR) is 206 cm³/mol. The molecule has 1 aromatic heterocycles. The van der Waals surface area contributed by atoms with E-state index in [2.05, 4.69) is 37.5 Å². The van der Waals surface area contributed by atoms with Gasteiger partial charge in [-0.3, -0.25) is 9.69 Å². The summed E-state index contributed by atoms with van der Waals surface area (Å²) in [6.07, 6.45) is -2.82. The zero-order chi connectivity index (χ0) is 39.7. The number of hydrogen-bond acceptors (Lipinski definition) is 8. The van der Waals surface area contributed by atoms with E-state index in [9.17, 15) is 27.6 Å². The SMILES string of the molecule is COC(=O)N[C@H](C(=O)N1C[C@@H](C)C[C@H]1c1nc2c(ccc3cc(-c4ccc(NC(=O)N5CCN(C6CCNCC6)CC5)cc4OC(F)(F)F)ccc32)[nH]1)C(C)C. The van der Waals surface area contributed by atoms with Crippen LogP contribution in [0.15, 0.2) is 48.5 Å². The molecule has 4 amide bonds. The quantitative estimate of drug-likeness (QED) is 0.159. The summed E-state index contributed by atoms with van der Waals surface area (Å²) in [7, 11) is 1.26. The number of fused-ring (bicyclic) bond motifs is 3. The minimum absolute atomic E-state index is 0.181. The molecule has 4 heterocycles. The molecule has 300 valence electrons. The minimum atomic E-state index is -4.96. The number of imidazole rings is 1. The Hall–Kier alpha value is -5.09. The summed E-state index contributed by atoms with van der Waals surface area (Å²) in [6, 6.07) is 12.3. The van der Waals surface area contributed by atoms with Gasteiger partial charge in [-0.1, -0.05) is 39.0 Å². The van der Waals surface area contributed by atoms with Crippen LogP contribution >= 0.6 is 0 Å². The molecule has 3 aliphatic rings. The van der Waals surface area contributed by atoms with Crippen molar-refractivity contribution in [1.82, 2.24) is 35.3 Å². The number of alkyl carbamates (subject to hydrolysis) is 1. The molecule has 3 aromatic carbocycles. The number of piperidine rings is 1. The number of carbonyl (C=O) groups excluding carboxylic acids is 3. The standard InChI is InChI=1S/C40H49F3N8O5/c1-23(2)34(48-39(54)55-4)37(52)51-22-24(3)19-32(51)36-46-31-10-6-26-20-25(5-8-30(26)35(31)47-36)29-9-7-27(21-33(29)56-40(41,42)43)45-38(53)50-17-15-49(16-18-50)28-11-13-44-14-12-28/h5-10,20-21,23-24,28,32,34,44H,11-19,22H2,1-4H3,(H,45,53)(H,46,47)(H,48,54)/t24-,32-,34-/m0/s1. The highest BCUT2D eigenvalue weighted by atomic mass is 19.4. The van der Waals surface area contributed by atoms with E-state index in [0.29, 0.717) is 49.0 Å². The minimum Gasteiger partial charge on any atom is -0.453 e. The second-order valence-corrected chi connectivity index (χ2v) is 15.4. The van der Waals surface area contributed by atoms with E-state index in [1.54, 1.807) is 28.0 Å². The molecule has 0 saturated carbocycles. The molecule has 7 rings (SSSR count). The molecule has 3 aliphatic heterocycles. The number of aromatic amines is 1. The maximum absolute atomic E-state index is 13.8. The maximum atomic E-state index is 13.8. The monoisotopic (exact) mass is 778 g/mol. The number of anilines is 1. The Kier molecular flexibility index (Phi) is 11.3. The van der Waals surface area contributed by atoms with Crippen molar-refractivity contribution >= 4 is 45.5 Å². The number of H-pyrrole nitrogens is 1. The molecule has 3 saturated heterocycles. The maximum Gasteiger partial charge on any atom is 0.573 e. The second kappa shape index (κ2) is 16.2. The highest BCUT2D eigenvalue weighted by molar-refractivity contribution is 6.05. The van der Waals surface area contributed by atoms with Gasteiger partial charge in [0.25, 0.3) is 0 Å². The number of methoxy groups -OCH3 is 1. The third-order valence-corrected chi connectivity index (χ3v) is 11.2. The number of aromatic nitrogens is 2. The molecule has 0 bridgehead atoms. The number of alkyl halides is 3. The van der Waals surface area contributed by atoms with Crippen LogP contribution in [0, 0.1) is 11.8 Å². The molecule has 3 fully saturated rings. The van der Waals surface area contributed by atoms with Crippen LogP contribution in [0.25, 0.3) is 32.9 Å². The van der Waals surface area contributed by atoms with Crippen molar-refractivity contribution in [3.05, 3.63) is 54.4 Å². The third kappa shape index (κ3) is 8.50. The summed E-state index contributed by atoms with van der Waals surface area (Å²) >= 11 is 0. The first-order valence-electron chi connectivity index (χ1n) is 19.3. The number of benzene rings is 3. The Labute approximate surface area is 323 Å². The summed E-state index contributed by atoms with van der Waals surface area (Å²) in [5, 5.41) is 10.3.